The number of rotatable bonds is 2. The largest absolute Gasteiger partial charge is 0.504 e. The van der Waals surface area contributed by atoms with Crippen LogP contribution in [0.4, 0.5) is 0 Å². The number of hydrogen-bond acceptors (Lipinski definition) is 6. The molecule has 0 bridgehead atoms. The molecule has 2 heterocycles. The molecule has 3 N–H and O–H groups in total. The highest BCUT2D eigenvalue weighted by molar-refractivity contribution is 7.10. The summed E-state index contributed by atoms with van der Waals surface area (Å²) >= 11 is 1.28. The summed E-state index contributed by atoms with van der Waals surface area (Å²) < 4.78 is 5.22. The smallest absolute Gasteiger partial charge is 0.339 e. The van der Waals surface area contributed by atoms with Gasteiger partial charge in [0, 0.05) is 4.88 Å². The average molecular weight is 306 g/mol. The summed E-state index contributed by atoms with van der Waals surface area (Å²) in [4.78, 5) is 24.2. The van der Waals surface area contributed by atoms with Gasteiger partial charge >= 0.3 is 11.9 Å². The number of carboxylic acids is 1. The number of benzene rings is 1. The van der Waals surface area contributed by atoms with E-state index >= 15 is 0 Å². The Labute approximate surface area is 122 Å². The topological polar surface area (TPSA) is 104 Å². The molecule has 0 unspecified atom stereocenters. The van der Waals surface area contributed by atoms with Crippen LogP contribution in [0.2, 0.25) is 0 Å². The van der Waals surface area contributed by atoms with E-state index in [4.69, 9.17) is 4.74 Å². The van der Waals surface area contributed by atoms with Crippen LogP contribution in [0.1, 0.15) is 32.8 Å². The van der Waals surface area contributed by atoms with Crippen molar-refractivity contribution in [2.75, 3.05) is 0 Å². The van der Waals surface area contributed by atoms with Crippen molar-refractivity contribution in [1.29, 1.82) is 0 Å². The number of phenols is 2. The van der Waals surface area contributed by atoms with E-state index in [2.05, 4.69) is 0 Å². The standard InChI is InChI=1S/C14H10O6S/c15-8-4-6-7(5-9(8)16)14(19)20-12(11(6)13(17)18)10-2-1-3-21-10/h1-5,11-12,15-16H,(H,17,18)/t11-,12+/m0/s1. The summed E-state index contributed by atoms with van der Waals surface area (Å²) in [5.41, 5.74) is 0.0814. The molecule has 7 heteroatoms. The number of carbonyl (C=O) groups is 2. The lowest BCUT2D eigenvalue weighted by molar-refractivity contribution is -0.142. The molecule has 2 aromatic rings. The molecule has 0 fully saturated rings. The second-order valence-electron chi connectivity index (χ2n) is 4.59. The lowest BCUT2D eigenvalue weighted by Gasteiger charge is -2.30. The number of esters is 1. The maximum atomic E-state index is 12.0. The molecule has 1 aliphatic rings. The zero-order chi connectivity index (χ0) is 15.1. The first kappa shape index (κ1) is 13.4. The Morgan fingerprint density at radius 3 is 2.57 bits per heavy atom. The third-order valence-electron chi connectivity index (χ3n) is 3.33. The third-order valence-corrected chi connectivity index (χ3v) is 4.26. The minimum atomic E-state index is -1.17. The van der Waals surface area contributed by atoms with Gasteiger partial charge in [-0.3, -0.25) is 4.79 Å². The fourth-order valence-electron chi connectivity index (χ4n) is 2.38. The molecule has 2 atom stereocenters. The summed E-state index contributed by atoms with van der Waals surface area (Å²) in [5.74, 6) is -4.00. The minimum absolute atomic E-state index is 0.0505. The molecule has 3 rings (SSSR count). The van der Waals surface area contributed by atoms with E-state index in [0.29, 0.717) is 4.88 Å². The summed E-state index contributed by atoms with van der Waals surface area (Å²) in [6, 6.07) is 5.54. The fraction of sp³-hybridized carbons (Fsp3) is 0.143. The normalized spacial score (nSPS) is 20.7. The van der Waals surface area contributed by atoms with Crippen LogP contribution in [0.5, 0.6) is 11.5 Å². The number of hydrogen-bond donors (Lipinski definition) is 3. The SMILES string of the molecule is O=C1O[C@H](c2cccs2)[C@@H](C(=O)O)c2cc(O)c(O)cc21. The monoisotopic (exact) mass is 306 g/mol. The highest BCUT2D eigenvalue weighted by Crippen LogP contribution is 2.45. The van der Waals surface area contributed by atoms with Gasteiger partial charge < -0.3 is 20.1 Å². The average Bonchev–Trinajstić information content (AvgIpc) is 2.94. The molecule has 108 valence electrons. The predicted octanol–water partition coefficient (Wildman–Crippen LogP) is 2.24. The Morgan fingerprint density at radius 1 is 1.24 bits per heavy atom. The first-order chi connectivity index (χ1) is 9.99. The molecule has 0 saturated heterocycles. The number of aliphatic carboxylic acids is 1. The molecule has 1 aliphatic heterocycles. The van der Waals surface area contributed by atoms with Gasteiger partial charge in [-0.15, -0.1) is 11.3 Å². The van der Waals surface area contributed by atoms with Gasteiger partial charge in [0.05, 0.1) is 5.56 Å². The van der Waals surface area contributed by atoms with Gasteiger partial charge in [0.25, 0.3) is 0 Å². The molecule has 0 saturated carbocycles. The van der Waals surface area contributed by atoms with Crippen molar-refractivity contribution in [3.05, 3.63) is 45.6 Å². The Balaban J connectivity index is 2.19. The van der Waals surface area contributed by atoms with Crippen molar-refractivity contribution in [3.63, 3.8) is 0 Å². The van der Waals surface area contributed by atoms with Crippen LogP contribution in [0, 0.1) is 0 Å². The number of fused-ring (bicyclic) bond motifs is 1. The molecule has 0 radical (unpaired) electrons. The van der Waals surface area contributed by atoms with Gasteiger partial charge in [-0.2, -0.15) is 0 Å². The molecule has 0 amide bonds. The van der Waals surface area contributed by atoms with Crippen LogP contribution >= 0.6 is 11.3 Å². The van der Waals surface area contributed by atoms with Gasteiger partial charge in [-0.25, -0.2) is 4.79 Å². The third kappa shape index (κ3) is 2.11. The van der Waals surface area contributed by atoms with Crippen molar-refractivity contribution in [2.24, 2.45) is 0 Å². The quantitative estimate of drug-likeness (QED) is 0.580. The summed E-state index contributed by atoms with van der Waals surface area (Å²) in [5, 5.41) is 30.3. The van der Waals surface area contributed by atoms with Gasteiger partial charge in [-0.1, -0.05) is 6.07 Å². The highest BCUT2D eigenvalue weighted by Gasteiger charge is 2.42. The van der Waals surface area contributed by atoms with E-state index in [0.717, 1.165) is 12.1 Å². The second kappa shape index (κ2) is 4.78. The molecular weight excluding hydrogens is 296 g/mol. The number of thiophene rings is 1. The van der Waals surface area contributed by atoms with E-state index in [9.17, 15) is 24.9 Å². The van der Waals surface area contributed by atoms with Crippen LogP contribution in [-0.2, 0) is 9.53 Å². The number of cyclic esters (lactones) is 1. The lowest BCUT2D eigenvalue weighted by Crippen LogP contribution is -2.30. The van der Waals surface area contributed by atoms with Gasteiger partial charge in [-0.05, 0) is 29.1 Å². The fourth-order valence-corrected chi connectivity index (χ4v) is 3.16. The van der Waals surface area contributed by atoms with Crippen molar-refractivity contribution < 1.29 is 29.6 Å². The lowest BCUT2D eigenvalue weighted by atomic mass is 9.86. The molecule has 0 spiro atoms. The summed E-state index contributed by atoms with van der Waals surface area (Å²) in [6.07, 6.45) is -0.952. The number of aromatic hydroxyl groups is 2. The van der Waals surface area contributed by atoms with E-state index in [1.54, 1.807) is 17.5 Å². The molecule has 6 nitrogen and oxygen atoms in total. The zero-order valence-corrected chi connectivity index (χ0v) is 11.3. The van der Waals surface area contributed by atoms with Gasteiger partial charge in [0.2, 0.25) is 0 Å². The zero-order valence-electron chi connectivity index (χ0n) is 10.5. The maximum absolute atomic E-state index is 12.0. The number of carbonyl (C=O) groups excluding carboxylic acids is 1. The minimum Gasteiger partial charge on any atom is -0.504 e. The number of ether oxygens (including phenoxy) is 1. The molecular formula is C14H10O6S. The molecule has 1 aromatic heterocycles. The van der Waals surface area contributed by atoms with Gasteiger partial charge in [0.1, 0.15) is 5.92 Å². The number of phenolic OH excluding ortho intramolecular Hbond substituents is 2. The first-order valence-electron chi connectivity index (χ1n) is 6.02. The maximum Gasteiger partial charge on any atom is 0.339 e. The predicted molar refractivity (Wildman–Crippen MR) is 72.6 cm³/mol. The Kier molecular flexibility index (Phi) is 3.06. The van der Waals surface area contributed by atoms with Crippen LogP contribution in [0.3, 0.4) is 0 Å². The summed E-state index contributed by atoms with van der Waals surface area (Å²) in [6.45, 7) is 0. The second-order valence-corrected chi connectivity index (χ2v) is 5.56. The van der Waals surface area contributed by atoms with E-state index < -0.39 is 35.5 Å². The van der Waals surface area contributed by atoms with E-state index in [1.165, 1.54) is 11.3 Å². The van der Waals surface area contributed by atoms with Crippen LogP contribution < -0.4 is 0 Å². The van der Waals surface area contributed by atoms with Crippen LogP contribution in [-0.4, -0.2) is 27.3 Å². The van der Waals surface area contributed by atoms with Crippen molar-refractivity contribution in [2.45, 2.75) is 12.0 Å². The molecule has 1 aromatic carbocycles. The first-order valence-corrected chi connectivity index (χ1v) is 6.90. The number of carboxylic acid groups (broad SMARTS) is 1. The Bertz CT molecular complexity index is 721. The van der Waals surface area contributed by atoms with E-state index in [-0.39, 0.29) is 11.1 Å². The van der Waals surface area contributed by atoms with Crippen molar-refractivity contribution in [1.82, 2.24) is 0 Å². The Morgan fingerprint density at radius 2 is 1.95 bits per heavy atom. The van der Waals surface area contributed by atoms with E-state index in [1.807, 2.05) is 0 Å². The highest BCUT2D eigenvalue weighted by atomic mass is 32.1. The van der Waals surface area contributed by atoms with Crippen LogP contribution in [0.25, 0.3) is 0 Å². The molecule has 21 heavy (non-hydrogen) atoms. The molecule has 0 aliphatic carbocycles. The van der Waals surface area contributed by atoms with Crippen molar-refractivity contribution in [3.8, 4) is 11.5 Å². The van der Waals surface area contributed by atoms with Gasteiger partial charge in [0.15, 0.2) is 17.6 Å². The van der Waals surface area contributed by atoms with Crippen molar-refractivity contribution >= 4 is 23.3 Å². The summed E-state index contributed by atoms with van der Waals surface area (Å²) in [7, 11) is 0. The Hall–Kier alpha value is -2.54. The van der Waals surface area contributed by atoms with Crippen LogP contribution in [0.15, 0.2) is 29.6 Å².